The van der Waals surface area contributed by atoms with Crippen LogP contribution in [0, 0.1) is 0 Å². The van der Waals surface area contributed by atoms with E-state index in [0.29, 0.717) is 12.5 Å². The fraction of sp³-hybridized carbons (Fsp3) is 0.800. The Morgan fingerprint density at radius 3 is 2.38 bits per heavy atom. The SMILES string of the molecule is CCNC(=NCCCCn1cnnc1)N1CCN(CC(=O)N2CCCCC2)CC1. The molecule has 0 radical (unpaired) electrons. The Labute approximate surface area is 174 Å². The lowest BCUT2D eigenvalue weighted by Crippen LogP contribution is -2.54. The number of hydrogen-bond acceptors (Lipinski definition) is 5. The number of amides is 1. The molecule has 2 fully saturated rings. The molecule has 1 aromatic rings. The largest absolute Gasteiger partial charge is 0.357 e. The molecule has 3 heterocycles. The van der Waals surface area contributed by atoms with Crippen LogP contribution in [0.3, 0.4) is 0 Å². The Hall–Kier alpha value is -2.16. The van der Waals surface area contributed by atoms with Gasteiger partial charge in [0.25, 0.3) is 0 Å². The monoisotopic (exact) mass is 404 g/mol. The molecule has 0 unspecified atom stereocenters. The number of unbranched alkanes of at least 4 members (excludes halogenated alkanes) is 1. The predicted octanol–water partition coefficient (Wildman–Crippen LogP) is 0.654. The summed E-state index contributed by atoms with van der Waals surface area (Å²) in [5, 5.41) is 11.1. The summed E-state index contributed by atoms with van der Waals surface area (Å²) in [6.45, 7) is 10.8. The number of likely N-dealkylation sites (tertiary alicyclic amines) is 1. The molecule has 0 atom stereocenters. The third kappa shape index (κ3) is 6.99. The number of rotatable bonds is 8. The average Bonchev–Trinajstić information content (AvgIpc) is 3.27. The minimum Gasteiger partial charge on any atom is -0.357 e. The molecule has 2 aliphatic rings. The summed E-state index contributed by atoms with van der Waals surface area (Å²) >= 11 is 0. The molecule has 29 heavy (non-hydrogen) atoms. The highest BCUT2D eigenvalue weighted by Gasteiger charge is 2.23. The molecule has 0 saturated carbocycles. The van der Waals surface area contributed by atoms with Crippen molar-refractivity contribution in [1.29, 1.82) is 0 Å². The Balaban J connectivity index is 1.38. The Morgan fingerprint density at radius 2 is 1.69 bits per heavy atom. The smallest absolute Gasteiger partial charge is 0.236 e. The van der Waals surface area contributed by atoms with E-state index in [2.05, 4.69) is 32.2 Å². The zero-order valence-electron chi connectivity index (χ0n) is 17.8. The zero-order valence-corrected chi connectivity index (χ0v) is 17.8. The zero-order chi connectivity index (χ0) is 20.3. The van der Waals surface area contributed by atoms with Crippen LogP contribution < -0.4 is 5.32 Å². The van der Waals surface area contributed by atoms with E-state index in [0.717, 1.165) is 90.5 Å². The van der Waals surface area contributed by atoms with Crippen LogP contribution in [0.4, 0.5) is 0 Å². The van der Waals surface area contributed by atoms with Gasteiger partial charge in [-0.1, -0.05) is 0 Å². The van der Waals surface area contributed by atoms with Crippen molar-refractivity contribution >= 4 is 11.9 Å². The van der Waals surface area contributed by atoms with Crippen LogP contribution in [0.1, 0.15) is 39.0 Å². The minimum atomic E-state index is 0.298. The summed E-state index contributed by atoms with van der Waals surface area (Å²) in [7, 11) is 0. The van der Waals surface area contributed by atoms with Crippen LogP contribution in [0.5, 0.6) is 0 Å². The molecule has 9 nitrogen and oxygen atoms in total. The number of aliphatic imine (C=N–C) groups is 1. The van der Waals surface area contributed by atoms with Crippen LogP contribution in [0.15, 0.2) is 17.6 Å². The molecule has 162 valence electrons. The van der Waals surface area contributed by atoms with E-state index in [9.17, 15) is 4.79 Å². The normalized spacial score (nSPS) is 18.9. The van der Waals surface area contributed by atoms with Gasteiger partial charge < -0.3 is 19.7 Å². The topological polar surface area (TPSA) is 81.9 Å². The molecule has 1 N–H and O–H groups in total. The maximum absolute atomic E-state index is 12.5. The summed E-state index contributed by atoms with van der Waals surface area (Å²) in [4.78, 5) is 24.0. The number of carbonyl (C=O) groups excluding carboxylic acids is 1. The van der Waals surface area contributed by atoms with Gasteiger partial charge in [-0.25, -0.2) is 0 Å². The van der Waals surface area contributed by atoms with Crippen molar-refractivity contribution < 1.29 is 4.79 Å². The highest BCUT2D eigenvalue weighted by molar-refractivity contribution is 5.80. The van der Waals surface area contributed by atoms with Gasteiger partial charge in [-0.2, -0.15) is 0 Å². The standard InChI is InChI=1S/C20H36N8O/c1-2-21-20(22-8-4-7-9-26-17-23-24-18-26)28-14-12-25(13-15-28)16-19(29)27-10-5-3-6-11-27/h17-18H,2-16H2,1H3,(H,21,22). The average molecular weight is 405 g/mol. The minimum absolute atomic E-state index is 0.298. The molecule has 0 spiro atoms. The van der Waals surface area contributed by atoms with Gasteiger partial charge in [-0.15, -0.1) is 10.2 Å². The van der Waals surface area contributed by atoms with Gasteiger partial charge in [0, 0.05) is 58.9 Å². The van der Waals surface area contributed by atoms with E-state index in [1.54, 1.807) is 12.7 Å². The lowest BCUT2D eigenvalue weighted by molar-refractivity contribution is -0.133. The van der Waals surface area contributed by atoms with Gasteiger partial charge in [0.05, 0.1) is 6.54 Å². The second kappa shape index (κ2) is 11.7. The highest BCUT2D eigenvalue weighted by atomic mass is 16.2. The molecule has 3 rings (SSSR count). The second-order valence-corrected chi connectivity index (χ2v) is 7.85. The summed E-state index contributed by atoms with van der Waals surface area (Å²) in [5.74, 6) is 1.30. The summed E-state index contributed by atoms with van der Waals surface area (Å²) < 4.78 is 2.00. The van der Waals surface area contributed by atoms with E-state index in [4.69, 9.17) is 4.99 Å². The van der Waals surface area contributed by atoms with Crippen molar-refractivity contribution in [1.82, 2.24) is 34.8 Å². The summed E-state index contributed by atoms with van der Waals surface area (Å²) in [5.41, 5.74) is 0. The van der Waals surface area contributed by atoms with Crippen LogP contribution in [-0.4, -0.2) is 100 Å². The maximum atomic E-state index is 12.5. The lowest BCUT2D eigenvalue weighted by atomic mass is 10.1. The number of piperidine rings is 1. The number of carbonyl (C=O) groups is 1. The van der Waals surface area contributed by atoms with Gasteiger partial charge in [0.1, 0.15) is 12.7 Å². The van der Waals surface area contributed by atoms with Gasteiger partial charge >= 0.3 is 0 Å². The van der Waals surface area contributed by atoms with Crippen LogP contribution in [0.25, 0.3) is 0 Å². The first kappa shape index (κ1) is 21.5. The Morgan fingerprint density at radius 1 is 0.966 bits per heavy atom. The second-order valence-electron chi connectivity index (χ2n) is 7.85. The Kier molecular flexibility index (Phi) is 8.73. The van der Waals surface area contributed by atoms with Crippen molar-refractivity contribution in [3.63, 3.8) is 0 Å². The van der Waals surface area contributed by atoms with Crippen molar-refractivity contribution in [3.8, 4) is 0 Å². The first-order chi connectivity index (χ1) is 14.3. The van der Waals surface area contributed by atoms with Crippen molar-refractivity contribution in [2.75, 3.05) is 58.9 Å². The molecule has 9 heteroatoms. The fourth-order valence-corrected chi connectivity index (χ4v) is 3.91. The lowest BCUT2D eigenvalue weighted by Gasteiger charge is -2.37. The van der Waals surface area contributed by atoms with Crippen LogP contribution in [0.2, 0.25) is 0 Å². The van der Waals surface area contributed by atoms with E-state index in [1.165, 1.54) is 6.42 Å². The quantitative estimate of drug-likeness (QED) is 0.389. The van der Waals surface area contributed by atoms with Crippen LogP contribution in [-0.2, 0) is 11.3 Å². The fourth-order valence-electron chi connectivity index (χ4n) is 3.91. The number of guanidine groups is 1. The molecular formula is C20H36N8O. The molecular weight excluding hydrogens is 368 g/mol. The van der Waals surface area contributed by atoms with Crippen molar-refractivity contribution in [2.45, 2.75) is 45.6 Å². The molecule has 0 aliphatic carbocycles. The highest BCUT2D eigenvalue weighted by Crippen LogP contribution is 2.10. The molecule has 1 amide bonds. The van der Waals surface area contributed by atoms with E-state index >= 15 is 0 Å². The number of piperazine rings is 1. The maximum Gasteiger partial charge on any atom is 0.236 e. The van der Waals surface area contributed by atoms with Gasteiger partial charge in [0.15, 0.2) is 5.96 Å². The predicted molar refractivity (Wildman–Crippen MR) is 114 cm³/mol. The third-order valence-corrected chi connectivity index (χ3v) is 5.63. The molecule has 2 saturated heterocycles. The third-order valence-electron chi connectivity index (χ3n) is 5.63. The van der Waals surface area contributed by atoms with E-state index < -0.39 is 0 Å². The number of aromatic nitrogens is 3. The van der Waals surface area contributed by atoms with Crippen molar-refractivity contribution in [3.05, 3.63) is 12.7 Å². The number of aryl methyl sites for hydroxylation is 1. The first-order valence-electron chi connectivity index (χ1n) is 11.1. The molecule has 1 aromatic heterocycles. The van der Waals surface area contributed by atoms with Crippen molar-refractivity contribution in [2.24, 2.45) is 4.99 Å². The van der Waals surface area contributed by atoms with Gasteiger partial charge in [0.2, 0.25) is 5.91 Å². The van der Waals surface area contributed by atoms with Gasteiger partial charge in [-0.05, 0) is 39.0 Å². The van der Waals surface area contributed by atoms with E-state index in [-0.39, 0.29) is 0 Å². The Bertz CT molecular complexity index is 618. The summed E-state index contributed by atoms with van der Waals surface area (Å²) in [6, 6.07) is 0. The number of nitrogens with zero attached hydrogens (tertiary/aromatic N) is 7. The van der Waals surface area contributed by atoms with Crippen LogP contribution >= 0.6 is 0 Å². The van der Waals surface area contributed by atoms with E-state index in [1.807, 2.05) is 9.47 Å². The molecule has 2 aliphatic heterocycles. The summed E-state index contributed by atoms with van der Waals surface area (Å²) in [6.07, 6.45) is 9.18. The van der Waals surface area contributed by atoms with Gasteiger partial charge in [-0.3, -0.25) is 14.7 Å². The molecule has 0 bridgehead atoms. The molecule has 0 aromatic carbocycles. The number of nitrogens with one attached hydrogen (secondary N) is 1. The number of hydrogen-bond donors (Lipinski definition) is 1. The first-order valence-corrected chi connectivity index (χ1v) is 11.1.